The summed E-state index contributed by atoms with van der Waals surface area (Å²) < 4.78 is 13.2. The maximum Gasteiger partial charge on any atom is 0.237 e. The molecule has 2 aromatic rings. The summed E-state index contributed by atoms with van der Waals surface area (Å²) in [4.78, 5) is 43.5. The molecule has 0 bridgehead atoms. The van der Waals surface area contributed by atoms with Crippen molar-refractivity contribution in [2.45, 2.75) is 76.0 Å². The molecule has 1 aromatic carbocycles. The van der Waals surface area contributed by atoms with E-state index >= 15 is 0 Å². The highest BCUT2D eigenvalue weighted by Gasteiger charge is 2.39. The van der Waals surface area contributed by atoms with Gasteiger partial charge in [0, 0.05) is 10.9 Å². The molecule has 2 heterocycles. The number of Topliss-reactive ketones (excluding diaryl/α,β-unsaturated/α-hetero) is 1. The minimum Gasteiger partial charge on any atom is -0.345 e. The number of likely N-dealkylation sites (N-methyl/N-ethyl adjacent to an activating group) is 1. The average Bonchev–Trinajstić information content (AvgIpc) is 3.57. The van der Waals surface area contributed by atoms with E-state index in [0.29, 0.717) is 17.7 Å². The number of carbonyl (C=O) groups excluding carboxylic acids is 3. The summed E-state index contributed by atoms with van der Waals surface area (Å²) in [7, 11) is 1.73. The summed E-state index contributed by atoms with van der Waals surface area (Å²) in [6.07, 6.45) is 6.61. The van der Waals surface area contributed by atoms with Crippen molar-refractivity contribution in [3.05, 3.63) is 51.7 Å². The Kier molecular flexibility index (Phi) is 8.41. The lowest BCUT2D eigenvalue weighted by Gasteiger charge is -2.32. The van der Waals surface area contributed by atoms with E-state index in [0.717, 1.165) is 37.1 Å². The number of benzene rings is 1. The van der Waals surface area contributed by atoms with Crippen molar-refractivity contribution < 1.29 is 18.8 Å². The van der Waals surface area contributed by atoms with E-state index < -0.39 is 11.9 Å². The summed E-state index contributed by atoms with van der Waals surface area (Å²) >= 11 is 1.38. The van der Waals surface area contributed by atoms with Crippen LogP contribution in [0.1, 0.15) is 79.0 Å². The van der Waals surface area contributed by atoms with E-state index in [1.807, 2.05) is 0 Å². The number of ketones is 2. The highest BCUT2D eigenvalue weighted by molar-refractivity contribution is 7.10. The van der Waals surface area contributed by atoms with E-state index in [1.54, 1.807) is 19.4 Å². The lowest BCUT2D eigenvalue weighted by Crippen LogP contribution is -2.55. The Bertz CT molecular complexity index is 1050. The number of aromatic nitrogens is 1. The standard InChI is InChI=1S/C26H33FN4O3S/c1-15(28-2)25(34)31-22(16-6-4-3-5-7-16)24(33)19-12-13-20(29-19)26-30-21(14-35-26)23(32)17-8-10-18(27)11-9-17/h8-11,14-16,19-20,22,28-29H,3-7,12-13H2,1-2H3,(H,31,34)/t15-,19?,20?,22-/m0/s1. The van der Waals surface area contributed by atoms with Gasteiger partial charge in [0.2, 0.25) is 11.7 Å². The first-order valence-corrected chi connectivity index (χ1v) is 13.3. The van der Waals surface area contributed by atoms with Crippen molar-refractivity contribution in [3.63, 3.8) is 0 Å². The lowest BCUT2D eigenvalue weighted by molar-refractivity contribution is -0.131. The minimum atomic E-state index is -0.498. The van der Waals surface area contributed by atoms with Crippen LogP contribution in [0, 0.1) is 11.7 Å². The van der Waals surface area contributed by atoms with Gasteiger partial charge in [-0.15, -0.1) is 11.3 Å². The Balaban J connectivity index is 1.43. The molecule has 1 aromatic heterocycles. The topological polar surface area (TPSA) is 100 Å². The van der Waals surface area contributed by atoms with Crippen LogP contribution in [0.4, 0.5) is 4.39 Å². The maximum absolute atomic E-state index is 13.6. The first-order valence-electron chi connectivity index (χ1n) is 12.4. The first-order chi connectivity index (χ1) is 16.9. The number of hydrogen-bond donors (Lipinski definition) is 3. The van der Waals surface area contributed by atoms with Gasteiger partial charge in [-0.1, -0.05) is 19.3 Å². The van der Waals surface area contributed by atoms with Gasteiger partial charge in [-0.2, -0.15) is 0 Å². The van der Waals surface area contributed by atoms with Crippen molar-refractivity contribution in [1.29, 1.82) is 0 Å². The minimum absolute atomic E-state index is 0.0372. The second kappa shape index (κ2) is 11.5. The molecule has 0 spiro atoms. The number of halogens is 1. The Morgan fingerprint density at radius 2 is 1.80 bits per heavy atom. The fourth-order valence-corrected chi connectivity index (χ4v) is 5.87. The summed E-state index contributed by atoms with van der Waals surface area (Å²) in [5.41, 5.74) is 0.708. The van der Waals surface area contributed by atoms with Gasteiger partial charge in [0.05, 0.1) is 24.2 Å². The summed E-state index contributed by atoms with van der Waals surface area (Å²) in [6, 6.07) is 4.07. The number of nitrogens with one attached hydrogen (secondary N) is 3. The Labute approximate surface area is 209 Å². The van der Waals surface area contributed by atoms with Crippen LogP contribution in [0.2, 0.25) is 0 Å². The molecule has 188 valence electrons. The van der Waals surface area contributed by atoms with Crippen LogP contribution in [0.3, 0.4) is 0 Å². The normalized spacial score (nSPS) is 22.5. The number of nitrogens with zero attached hydrogens (tertiary/aromatic N) is 1. The molecular formula is C26H33FN4O3S. The van der Waals surface area contributed by atoms with Crippen molar-refractivity contribution >= 4 is 28.8 Å². The molecular weight excluding hydrogens is 467 g/mol. The van der Waals surface area contributed by atoms with Crippen LogP contribution in [0.5, 0.6) is 0 Å². The molecule has 0 radical (unpaired) electrons. The second-order valence-corrected chi connectivity index (χ2v) is 10.4. The van der Waals surface area contributed by atoms with E-state index in [-0.39, 0.29) is 41.5 Å². The predicted octanol–water partition coefficient (Wildman–Crippen LogP) is 3.55. The quantitative estimate of drug-likeness (QED) is 0.456. The average molecular weight is 501 g/mol. The molecule has 1 saturated heterocycles. The summed E-state index contributed by atoms with van der Waals surface area (Å²) in [6.45, 7) is 1.79. The second-order valence-electron chi connectivity index (χ2n) is 9.55. The predicted molar refractivity (Wildman–Crippen MR) is 133 cm³/mol. The third-order valence-corrected chi connectivity index (χ3v) is 8.16. The molecule has 1 saturated carbocycles. The van der Waals surface area contributed by atoms with Crippen molar-refractivity contribution in [2.75, 3.05) is 7.05 Å². The number of carbonyl (C=O) groups is 3. The van der Waals surface area contributed by atoms with Gasteiger partial charge in [-0.05, 0) is 69.8 Å². The van der Waals surface area contributed by atoms with Gasteiger partial charge in [-0.3, -0.25) is 19.7 Å². The third-order valence-electron chi connectivity index (χ3n) is 7.20. The number of rotatable bonds is 9. The van der Waals surface area contributed by atoms with E-state index in [2.05, 4.69) is 20.9 Å². The molecule has 2 aliphatic rings. The fourth-order valence-electron chi connectivity index (χ4n) is 4.98. The highest BCUT2D eigenvalue weighted by Crippen LogP contribution is 2.33. The number of amides is 1. The summed E-state index contributed by atoms with van der Waals surface area (Å²) in [5, 5.41) is 11.9. The van der Waals surface area contributed by atoms with Gasteiger partial charge in [0.25, 0.3) is 0 Å². The highest BCUT2D eigenvalue weighted by atomic mass is 32.1. The zero-order valence-electron chi connectivity index (χ0n) is 20.2. The van der Waals surface area contributed by atoms with Gasteiger partial charge >= 0.3 is 0 Å². The van der Waals surface area contributed by atoms with Gasteiger partial charge in [-0.25, -0.2) is 9.37 Å². The number of thiazole rings is 1. The Morgan fingerprint density at radius 3 is 2.49 bits per heavy atom. The molecule has 35 heavy (non-hydrogen) atoms. The molecule has 7 nitrogen and oxygen atoms in total. The molecule has 1 aliphatic carbocycles. The fraction of sp³-hybridized carbons (Fsp3) is 0.538. The molecule has 4 atom stereocenters. The van der Waals surface area contributed by atoms with Crippen LogP contribution in [0.15, 0.2) is 29.6 Å². The smallest absolute Gasteiger partial charge is 0.237 e. The molecule has 2 unspecified atom stereocenters. The van der Waals surface area contributed by atoms with Gasteiger partial charge < -0.3 is 10.6 Å². The first kappa shape index (κ1) is 25.6. The zero-order valence-corrected chi connectivity index (χ0v) is 21.0. The van der Waals surface area contributed by atoms with Crippen LogP contribution in [0.25, 0.3) is 0 Å². The monoisotopic (exact) mass is 500 g/mol. The van der Waals surface area contributed by atoms with E-state index in [4.69, 9.17) is 0 Å². The van der Waals surface area contributed by atoms with Crippen LogP contribution in [-0.2, 0) is 9.59 Å². The summed E-state index contributed by atoms with van der Waals surface area (Å²) in [5.74, 6) is -0.610. The zero-order chi connectivity index (χ0) is 24.9. The molecule has 2 fully saturated rings. The van der Waals surface area contributed by atoms with E-state index in [1.165, 1.54) is 42.0 Å². The Morgan fingerprint density at radius 1 is 1.09 bits per heavy atom. The van der Waals surface area contributed by atoms with Crippen molar-refractivity contribution in [1.82, 2.24) is 20.9 Å². The van der Waals surface area contributed by atoms with E-state index in [9.17, 15) is 18.8 Å². The molecule has 9 heteroatoms. The van der Waals surface area contributed by atoms with Crippen LogP contribution in [-0.4, -0.2) is 47.6 Å². The molecule has 1 aliphatic heterocycles. The number of hydrogen-bond acceptors (Lipinski definition) is 7. The Hall–Kier alpha value is -2.49. The largest absolute Gasteiger partial charge is 0.345 e. The van der Waals surface area contributed by atoms with Crippen molar-refractivity contribution in [3.8, 4) is 0 Å². The molecule has 1 amide bonds. The third kappa shape index (κ3) is 6.02. The maximum atomic E-state index is 13.6. The molecule has 3 N–H and O–H groups in total. The van der Waals surface area contributed by atoms with Crippen LogP contribution >= 0.6 is 11.3 Å². The van der Waals surface area contributed by atoms with Gasteiger partial charge in [0.15, 0.2) is 5.78 Å². The molecule has 4 rings (SSSR count). The SMILES string of the molecule is CN[C@@H](C)C(=O)N[C@H](C(=O)C1CCC(c2nc(C(=O)c3ccc(F)cc3)cs2)N1)C1CCCCC1. The van der Waals surface area contributed by atoms with Gasteiger partial charge in [0.1, 0.15) is 16.5 Å². The lowest BCUT2D eigenvalue weighted by atomic mass is 9.80. The van der Waals surface area contributed by atoms with Crippen molar-refractivity contribution in [2.24, 2.45) is 5.92 Å². The van der Waals surface area contributed by atoms with Crippen LogP contribution < -0.4 is 16.0 Å².